The summed E-state index contributed by atoms with van der Waals surface area (Å²) in [6.45, 7) is 5.97. The predicted octanol–water partition coefficient (Wildman–Crippen LogP) is 0.856. The molecule has 1 aromatic heterocycles. The summed E-state index contributed by atoms with van der Waals surface area (Å²) in [6.07, 6.45) is 5.89. The molecule has 1 aromatic rings. The van der Waals surface area contributed by atoms with Crippen LogP contribution in [0.25, 0.3) is 0 Å². The van der Waals surface area contributed by atoms with Crippen molar-refractivity contribution in [2.24, 2.45) is 5.73 Å². The van der Waals surface area contributed by atoms with E-state index in [0.29, 0.717) is 12.6 Å². The van der Waals surface area contributed by atoms with E-state index in [0.717, 1.165) is 37.6 Å². The third-order valence-electron chi connectivity index (χ3n) is 3.55. The first-order chi connectivity index (χ1) is 8.74. The third kappa shape index (κ3) is 2.97. The average molecular weight is 249 g/mol. The van der Waals surface area contributed by atoms with Crippen molar-refractivity contribution in [2.45, 2.75) is 32.4 Å². The summed E-state index contributed by atoms with van der Waals surface area (Å²) >= 11 is 0. The zero-order chi connectivity index (χ0) is 13.0. The van der Waals surface area contributed by atoms with Gasteiger partial charge < -0.3 is 15.5 Å². The van der Waals surface area contributed by atoms with E-state index in [1.165, 1.54) is 6.42 Å². The van der Waals surface area contributed by atoms with Gasteiger partial charge in [0.2, 0.25) is 0 Å². The molecule has 0 radical (unpaired) electrons. The van der Waals surface area contributed by atoms with Gasteiger partial charge in [0.25, 0.3) is 0 Å². The first kappa shape index (κ1) is 13.2. The van der Waals surface area contributed by atoms with Crippen LogP contribution in [0.15, 0.2) is 12.4 Å². The molecule has 2 rings (SSSR count). The summed E-state index contributed by atoms with van der Waals surface area (Å²) in [6, 6.07) is 0.514. The van der Waals surface area contributed by atoms with Gasteiger partial charge >= 0.3 is 0 Å². The molecule has 1 unspecified atom stereocenters. The molecule has 1 fully saturated rings. The molecule has 5 nitrogen and oxygen atoms in total. The van der Waals surface area contributed by atoms with Crippen molar-refractivity contribution in [3.63, 3.8) is 0 Å². The van der Waals surface area contributed by atoms with Gasteiger partial charge in [-0.05, 0) is 26.4 Å². The maximum absolute atomic E-state index is 5.64. The standard InChI is InChI=1S/C13H23N5/c1-3-12-10-17(2)5-4-6-18(12)13-9-15-8-11(7-14)16-13/h8-9,12H,3-7,10,14H2,1-2H3. The van der Waals surface area contributed by atoms with Crippen LogP contribution in [0, 0.1) is 0 Å². The van der Waals surface area contributed by atoms with Crippen LogP contribution >= 0.6 is 0 Å². The third-order valence-corrected chi connectivity index (χ3v) is 3.55. The molecule has 2 N–H and O–H groups in total. The average Bonchev–Trinajstić information content (AvgIpc) is 2.60. The van der Waals surface area contributed by atoms with Crippen LogP contribution in [0.5, 0.6) is 0 Å². The maximum Gasteiger partial charge on any atom is 0.147 e. The van der Waals surface area contributed by atoms with Crippen LogP contribution in [0.3, 0.4) is 0 Å². The summed E-state index contributed by atoms with van der Waals surface area (Å²) in [7, 11) is 2.19. The SMILES string of the molecule is CCC1CN(C)CCCN1c1cncc(CN)n1. The monoisotopic (exact) mass is 249 g/mol. The van der Waals surface area contributed by atoms with Crippen LogP contribution in [0.2, 0.25) is 0 Å². The molecular weight excluding hydrogens is 226 g/mol. The van der Waals surface area contributed by atoms with Gasteiger partial charge in [-0.3, -0.25) is 4.98 Å². The number of hydrogen-bond acceptors (Lipinski definition) is 5. The van der Waals surface area contributed by atoms with Gasteiger partial charge in [-0.1, -0.05) is 6.92 Å². The van der Waals surface area contributed by atoms with Crippen LogP contribution < -0.4 is 10.6 Å². The summed E-state index contributed by atoms with van der Waals surface area (Å²) in [5.41, 5.74) is 6.50. The summed E-state index contributed by atoms with van der Waals surface area (Å²) in [5, 5.41) is 0. The highest BCUT2D eigenvalue weighted by molar-refractivity contribution is 5.38. The lowest BCUT2D eigenvalue weighted by Crippen LogP contribution is -2.40. The minimum atomic E-state index is 0.450. The second-order valence-corrected chi connectivity index (χ2v) is 4.94. The zero-order valence-corrected chi connectivity index (χ0v) is 11.3. The minimum Gasteiger partial charge on any atom is -0.351 e. The fraction of sp³-hybridized carbons (Fsp3) is 0.692. The second-order valence-electron chi connectivity index (χ2n) is 4.94. The van der Waals surface area contributed by atoms with Crippen molar-refractivity contribution in [1.82, 2.24) is 14.9 Å². The molecule has 0 aromatic carbocycles. The number of nitrogens with zero attached hydrogens (tertiary/aromatic N) is 4. The smallest absolute Gasteiger partial charge is 0.147 e. The highest BCUT2D eigenvalue weighted by atomic mass is 15.3. The van der Waals surface area contributed by atoms with E-state index >= 15 is 0 Å². The lowest BCUT2D eigenvalue weighted by molar-refractivity contribution is 0.327. The van der Waals surface area contributed by atoms with Crippen molar-refractivity contribution in [1.29, 1.82) is 0 Å². The van der Waals surface area contributed by atoms with Crippen LogP contribution in [0.4, 0.5) is 5.82 Å². The predicted molar refractivity (Wildman–Crippen MR) is 73.5 cm³/mol. The Morgan fingerprint density at radius 3 is 2.94 bits per heavy atom. The molecule has 0 aliphatic carbocycles. The van der Waals surface area contributed by atoms with Gasteiger partial charge in [-0.2, -0.15) is 0 Å². The topological polar surface area (TPSA) is 58.3 Å². The summed E-state index contributed by atoms with van der Waals surface area (Å²) in [5.74, 6) is 0.972. The van der Waals surface area contributed by atoms with Crippen molar-refractivity contribution in [3.8, 4) is 0 Å². The Morgan fingerprint density at radius 2 is 2.22 bits per heavy atom. The van der Waals surface area contributed by atoms with Crippen molar-refractivity contribution < 1.29 is 0 Å². The molecule has 1 aliphatic heterocycles. The molecule has 0 amide bonds. The fourth-order valence-electron chi connectivity index (χ4n) is 2.53. The minimum absolute atomic E-state index is 0.450. The number of hydrogen-bond donors (Lipinski definition) is 1. The Bertz CT molecular complexity index is 381. The van der Waals surface area contributed by atoms with Gasteiger partial charge in [0.1, 0.15) is 5.82 Å². The molecule has 0 spiro atoms. The number of nitrogens with two attached hydrogens (primary N) is 1. The normalized spacial score (nSPS) is 21.9. The highest BCUT2D eigenvalue weighted by Gasteiger charge is 2.23. The van der Waals surface area contributed by atoms with E-state index in [1.54, 1.807) is 6.20 Å². The Labute approximate surface area is 109 Å². The first-order valence-corrected chi connectivity index (χ1v) is 6.70. The first-order valence-electron chi connectivity index (χ1n) is 6.70. The van der Waals surface area contributed by atoms with Gasteiger partial charge in [0.15, 0.2) is 0 Å². The van der Waals surface area contributed by atoms with E-state index in [9.17, 15) is 0 Å². The fourth-order valence-corrected chi connectivity index (χ4v) is 2.53. The molecule has 1 aliphatic rings. The van der Waals surface area contributed by atoms with E-state index in [2.05, 4.69) is 33.7 Å². The van der Waals surface area contributed by atoms with Crippen molar-refractivity contribution in [3.05, 3.63) is 18.1 Å². The van der Waals surface area contributed by atoms with Crippen molar-refractivity contribution in [2.75, 3.05) is 31.6 Å². The molecule has 1 saturated heterocycles. The molecule has 100 valence electrons. The van der Waals surface area contributed by atoms with Gasteiger partial charge in [-0.25, -0.2) is 4.98 Å². The molecule has 0 bridgehead atoms. The van der Waals surface area contributed by atoms with Crippen LogP contribution in [0.1, 0.15) is 25.5 Å². The highest BCUT2D eigenvalue weighted by Crippen LogP contribution is 2.19. The largest absolute Gasteiger partial charge is 0.351 e. The number of likely N-dealkylation sites (N-methyl/N-ethyl adjacent to an activating group) is 1. The molecular formula is C13H23N5. The van der Waals surface area contributed by atoms with Gasteiger partial charge in [-0.15, -0.1) is 0 Å². The Kier molecular flexibility index (Phi) is 4.49. The Balaban J connectivity index is 2.22. The Hall–Kier alpha value is -1.20. The number of anilines is 1. The second kappa shape index (κ2) is 6.11. The van der Waals surface area contributed by atoms with Gasteiger partial charge in [0.05, 0.1) is 11.9 Å². The molecule has 5 heteroatoms. The van der Waals surface area contributed by atoms with Crippen molar-refractivity contribution >= 4 is 5.82 Å². The summed E-state index contributed by atoms with van der Waals surface area (Å²) in [4.78, 5) is 13.6. The maximum atomic E-state index is 5.64. The van der Waals surface area contributed by atoms with Crippen LogP contribution in [-0.4, -0.2) is 47.6 Å². The molecule has 18 heavy (non-hydrogen) atoms. The van der Waals surface area contributed by atoms with Crippen LogP contribution in [-0.2, 0) is 6.54 Å². The number of rotatable bonds is 3. The van der Waals surface area contributed by atoms with E-state index in [-0.39, 0.29) is 0 Å². The van der Waals surface area contributed by atoms with E-state index < -0.39 is 0 Å². The van der Waals surface area contributed by atoms with E-state index in [4.69, 9.17) is 5.73 Å². The van der Waals surface area contributed by atoms with E-state index in [1.807, 2.05) is 6.20 Å². The zero-order valence-electron chi connectivity index (χ0n) is 11.3. The van der Waals surface area contributed by atoms with Gasteiger partial charge in [0, 0.05) is 31.9 Å². The summed E-state index contributed by atoms with van der Waals surface area (Å²) < 4.78 is 0. The number of aromatic nitrogens is 2. The lowest BCUT2D eigenvalue weighted by atomic mass is 10.2. The Morgan fingerprint density at radius 1 is 1.39 bits per heavy atom. The molecule has 1 atom stereocenters. The molecule has 0 saturated carbocycles. The lowest BCUT2D eigenvalue weighted by Gasteiger charge is -2.31. The quantitative estimate of drug-likeness (QED) is 0.861. The molecule has 2 heterocycles.